The van der Waals surface area contributed by atoms with Crippen LogP contribution in [0, 0.1) is 0 Å². The lowest BCUT2D eigenvalue weighted by molar-refractivity contribution is 0.669. The Morgan fingerprint density at radius 1 is 0.270 bits per heavy atom. The van der Waals surface area contributed by atoms with Crippen molar-refractivity contribution < 1.29 is 4.42 Å². The number of nitrogens with zero attached hydrogens (tertiary/aromatic N) is 2. The molecular formula is C60H40N2O. The number of furan rings is 1. The second-order valence-corrected chi connectivity index (χ2v) is 16.2. The Balaban J connectivity index is 1.01. The van der Waals surface area contributed by atoms with Crippen molar-refractivity contribution in [1.82, 2.24) is 4.57 Å². The minimum atomic E-state index is 0.887. The number of hydrogen-bond donors (Lipinski definition) is 0. The molecule has 3 heteroatoms. The van der Waals surface area contributed by atoms with Gasteiger partial charge >= 0.3 is 0 Å². The third kappa shape index (κ3) is 6.55. The van der Waals surface area contributed by atoms with Gasteiger partial charge in [0.25, 0.3) is 0 Å². The van der Waals surface area contributed by atoms with Crippen molar-refractivity contribution in [3.05, 3.63) is 243 Å². The fraction of sp³-hybridized carbons (Fsp3) is 0. The van der Waals surface area contributed by atoms with Gasteiger partial charge in [0.15, 0.2) is 0 Å². The van der Waals surface area contributed by atoms with Crippen LogP contribution in [0.3, 0.4) is 0 Å². The first-order chi connectivity index (χ1) is 31.2. The molecule has 0 aliphatic carbocycles. The molecular weight excluding hydrogens is 765 g/mol. The van der Waals surface area contributed by atoms with E-state index in [9.17, 15) is 0 Å². The number of aromatic nitrogens is 1. The SMILES string of the molecule is c1ccc(N(c2ccccc2)c2cccc(-c3cccc(-c4cc(-c5ccc6c(c5)oc5ccccc56)cc(-c5ccc6c(c5)c5ccccc5n6-c5ccccc5)c4)c3)c2)cc1. The van der Waals surface area contributed by atoms with Crippen molar-refractivity contribution in [1.29, 1.82) is 0 Å². The van der Waals surface area contributed by atoms with Gasteiger partial charge < -0.3 is 13.9 Å². The monoisotopic (exact) mass is 804 g/mol. The summed E-state index contributed by atoms with van der Waals surface area (Å²) in [6.45, 7) is 0. The maximum absolute atomic E-state index is 6.41. The predicted octanol–water partition coefficient (Wildman–Crippen LogP) is 16.8. The predicted molar refractivity (Wildman–Crippen MR) is 264 cm³/mol. The van der Waals surface area contributed by atoms with Gasteiger partial charge in [-0.1, -0.05) is 133 Å². The lowest BCUT2D eigenvalue weighted by Gasteiger charge is -2.26. The van der Waals surface area contributed by atoms with E-state index in [-0.39, 0.29) is 0 Å². The van der Waals surface area contributed by atoms with Crippen LogP contribution < -0.4 is 4.90 Å². The summed E-state index contributed by atoms with van der Waals surface area (Å²) in [5.41, 5.74) is 17.8. The van der Waals surface area contributed by atoms with E-state index >= 15 is 0 Å². The Bertz CT molecular complexity index is 3580. The normalized spacial score (nSPS) is 11.5. The summed E-state index contributed by atoms with van der Waals surface area (Å²) in [5, 5.41) is 4.72. The van der Waals surface area contributed by atoms with Gasteiger partial charge in [-0.3, -0.25) is 0 Å². The van der Waals surface area contributed by atoms with E-state index < -0.39 is 0 Å². The van der Waals surface area contributed by atoms with Crippen LogP contribution in [0.1, 0.15) is 0 Å². The van der Waals surface area contributed by atoms with E-state index in [0.29, 0.717) is 0 Å². The summed E-state index contributed by atoms with van der Waals surface area (Å²) >= 11 is 0. The maximum Gasteiger partial charge on any atom is 0.136 e. The molecule has 12 rings (SSSR count). The molecule has 0 aliphatic heterocycles. The van der Waals surface area contributed by atoms with Crippen molar-refractivity contribution in [3.8, 4) is 50.2 Å². The summed E-state index contributed by atoms with van der Waals surface area (Å²) in [6, 6.07) is 87.2. The largest absolute Gasteiger partial charge is 0.456 e. The van der Waals surface area contributed by atoms with Gasteiger partial charge in [-0.15, -0.1) is 0 Å². The molecule has 0 aliphatic rings. The zero-order valence-electron chi connectivity index (χ0n) is 34.4. The number of hydrogen-bond acceptors (Lipinski definition) is 2. The van der Waals surface area contributed by atoms with Crippen LogP contribution in [0.15, 0.2) is 247 Å². The lowest BCUT2D eigenvalue weighted by Crippen LogP contribution is -2.09. The topological polar surface area (TPSA) is 21.3 Å². The molecule has 0 bridgehead atoms. The van der Waals surface area contributed by atoms with E-state index in [2.05, 4.69) is 240 Å². The minimum Gasteiger partial charge on any atom is -0.456 e. The lowest BCUT2D eigenvalue weighted by atomic mass is 9.91. The highest BCUT2D eigenvalue weighted by molar-refractivity contribution is 6.11. The van der Waals surface area contributed by atoms with Crippen LogP contribution in [0.25, 0.3) is 93.9 Å². The smallest absolute Gasteiger partial charge is 0.136 e. The van der Waals surface area contributed by atoms with Crippen LogP contribution in [0.5, 0.6) is 0 Å². The zero-order chi connectivity index (χ0) is 41.7. The molecule has 2 aromatic heterocycles. The fourth-order valence-corrected chi connectivity index (χ4v) is 9.34. The quantitative estimate of drug-likeness (QED) is 0.153. The highest BCUT2D eigenvalue weighted by atomic mass is 16.3. The maximum atomic E-state index is 6.41. The third-order valence-electron chi connectivity index (χ3n) is 12.3. The Morgan fingerprint density at radius 3 is 1.46 bits per heavy atom. The van der Waals surface area contributed by atoms with Gasteiger partial charge in [0.1, 0.15) is 11.2 Å². The van der Waals surface area contributed by atoms with E-state index in [0.717, 1.165) is 89.2 Å². The van der Waals surface area contributed by atoms with Crippen molar-refractivity contribution in [3.63, 3.8) is 0 Å². The molecule has 63 heavy (non-hydrogen) atoms. The molecule has 0 saturated carbocycles. The molecule has 296 valence electrons. The molecule has 2 heterocycles. The molecule has 0 spiro atoms. The molecule has 0 amide bonds. The summed E-state index contributed by atoms with van der Waals surface area (Å²) in [4.78, 5) is 2.32. The standard InChI is InChI=1S/C60H40N2O/c1-4-19-49(20-5-1)61(50-21-6-2-7-22-50)52-25-15-18-43(38-52)41-16-14-17-42(34-41)46-35-47(37-48(36-46)45-30-32-55-54-27-11-13-29-59(54)63-60(55)40-45)44-31-33-58-56(39-44)53-26-10-12-28-57(53)62(58)51-23-8-3-9-24-51/h1-40H. The van der Waals surface area contributed by atoms with E-state index in [1.807, 2.05) is 12.1 Å². The molecule has 3 nitrogen and oxygen atoms in total. The minimum absolute atomic E-state index is 0.887. The van der Waals surface area contributed by atoms with Crippen molar-refractivity contribution in [2.45, 2.75) is 0 Å². The molecule has 0 unspecified atom stereocenters. The van der Waals surface area contributed by atoms with Crippen LogP contribution in [-0.2, 0) is 0 Å². The van der Waals surface area contributed by atoms with Crippen LogP contribution in [-0.4, -0.2) is 4.57 Å². The summed E-state index contributed by atoms with van der Waals surface area (Å²) in [5.74, 6) is 0. The van der Waals surface area contributed by atoms with Gasteiger partial charge in [0.2, 0.25) is 0 Å². The van der Waals surface area contributed by atoms with Gasteiger partial charge in [-0.25, -0.2) is 0 Å². The van der Waals surface area contributed by atoms with Crippen LogP contribution >= 0.6 is 0 Å². The van der Waals surface area contributed by atoms with Crippen molar-refractivity contribution in [2.75, 3.05) is 4.90 Å². The number of anilines is 3. The molecule has 12 aromatic rings. The van der Waals surface area contributed by atoms with Gasteiger partial charge in [0.05, 0.1) is 11.0 Å². The number of rotatable bonds is 8. The van der Waals surface area contributed by atoms with E-state index in [1.165, 1.54) is 21.8 Å². The van der Waals surface area contributed by atoms with Crippen LogP contribution in [0.4, 0.5) is 17.1 Å². The second-order valence-electron chi connectivity index (χ2n) is 16.2. The number of benzene rings is 10. The Kier molecular flexibility index (Phi) is 8.83. The molecule has 0 radical (unpaired) electrons. The summed E-state index contributed by atoms with van der Waals surface area (Å²) in [6.07, 6.45) is 0. The van der Waals surface area contributed by atoms with Gasteiger partial charge in [-0.2, -0.15) is 0 Å². The number of para-hydroxylation sites is 5. The second kappa shape index (κ2) is 15.3. The molecule has 10 aromatic carbocycles. The summed E-state index contributed by atoms with van der Waals surface area (Å²) < 4.78 is 8.79. The highest BCUT2D eigenvalue weighted by Gasteiger charge is 2.17. The molecule has 0 N–H and O–H groups in total. The Labute approximate surface area is 366 Å². The van der Waals surface area contributed by atoms with Gasteiger partial charge in [0, 0.05) is 44.3 Å². The van der Waals surface area contributed by atoms with E-state index in [1.54, 1.807) is 0 Å². The van der Waals surface area contributed by atoms with Crippen LogP contribution in [0.2, 0.25) is 0 Å². The van der Waals surface area contributed by atoms with Crippen molar-refractivity contribution >= 4 is 60.8 Å². The van der Waals surface area contributed by atoms with Gasteiger partial charge in [-0.05, 0) is 154 Å². The highest BCUT2D eigenvalue weighted by Crippen LogP contribution is 2.41. The fourth-order valence-electron chi connectivity index (χ4n) is 9.34. The first kappa shape index (κ1) is 36.5. The van der Waals surface area contributed by atoms with E-state index in [4.69, 9.17) is 4.42 Å². The average Bonchev–Trinajstić information content (AvgIpc) is 3.90. The number of fused-ring (bicyclic) bond motifs is 6. The molecule has 0 saturated heterocycles. The Hall–Kier alpha value is -8.40. The third-order valence-corrected chi connectivity index (χ3v) is 12.3. The zero-order valence-corrected chi connectivity index (χ0v) is 34.4. The Morgan fingerprint density at radius 2 is 0.746 bits per heavy atom. The average molecular weight is 805 g/mol. The van der Waals surface area contributed by atoms with Crippen molar-refractivity contribution in [2.24, 2.45) is 0 Å². The molecule has 0 atom stereocenters. The first-order valence-corrected chi connectivity index (χ1v) is 21.5. The summed E-state index contributed by atoms with van der Waals surface area (Å²) in [7, 11) is 0. The first-order valence-electron chi connectivity index (χ1n) is 21.5. The molecule has 0 fully saturated rings.